The molecule has 124 valence electrons. The van der Waals surface area contributed by atoms with Gasteiger partial charge in [0.15, 0.2) is 5.11 Å². The van der Waals surface area contributed by atoms with Gasteiger partial charge in [-0.2, -0.15) is 0 Å². The van der Waals surface area contributed by atoms with Crippen LogP contribution >= 0.6 is 23.8 Å². The Morgan fingerprint density at radius 2 is 2.04 bits per heavy atom. The lowest BCUT2D eigenvalue weighted by Crippen LogP contribution is -2.34. The summed E-state index contributed by atoms with van der Waals surface area (Å²) in [6.45, 7) is 0. The first-order chi connectivity index (χ1) is 11.4. The average molecular weight is 366 g/mol. The monoisotopic (exact) mass is 365 g/mol. The van der Waals surface area contributed by atoms with Gasteiger partial charge in [-0.05, 0) is 36.5 Å². The molecule has 0 atom stereocenters. The van der Waals surface area contributed by atoms with Crippen molar-refractivity contribution in [2.24, 2.45) is 0 Å². The Hall–Kier alpha value is -2.71. The molecule has 0 aliphatic heterocycles. The van der Waals surface area contributed by atoms with E-state index in [2.05, 4.69) is 10.6 Å². The Bertz CT molecular complexity index is 813. The van der Waals surface area contributed by atoms with E-state index < -0.39 is 10.8 Å². The van der Waals surface area contributed by atoms with Crippen LogP contribution in [0.2, 0.25) is 5.02 Å². The Balaban J connectivity index is 2.07. The molecule has 2 aromatic rings. The molecule has 0 saturated heterocycles. The van der Waals surface area contributed by atoms with Gasteiger partial charge >= 0.3 is 0 Å². The summed E-state index contributed by atoms with van der Waals surface area (Å²) >= 11 is 10.8. The van der Waals surface area contributed by atoms with Crippen LogP contribution in [0.4, 0.5) is 11.4 Å². The molecule has 2 N–H and O–H groups in total. The van der Waals surface area contributed by atoms with E-state index in [1.807, 2.05) is 0 Å². The van der Waals surface area contributed by atoms with Gasteiger partial charge in [0.25, 0.3) is 11.6 Å². The normalized spacial score (nSPS) is 9.92. The van der Waals surface area contributed by atoms with Crippen molar-refractivity contribution in [2.45, 2.75) is 0 Å². The minimum Gasteiger partial charge on any atom is -0.497 e. The van der Waals surface area contributed by atoms with Crippen LogP contribution < -0.4 is 15.4 Å². The molecule has 0 aromatic heterocycles. The van der Waals surface area contributed by atoms with Crippen LogP contribution in [0.1, 0.15) is 10.4 Å². The highest BCUT2D eigenvalue weighted by molar-refractivity contribution is 7.80. The fourth-order valence-corrected chi connectivity index (χ4v) is 2.23. The molecule has 0 spiro atoms. The van der Waals surface area contributed by atoms with E-state index >= 15 is 0 Å². The molecule has 0 aliphatic rings. The van der Waals surface area contributed by atoms with Crippen molar-refractivity contribution >= 4 is 46.2 Å². The number of benzene rings is 2. The third kappa shape index (κ3) is 4.40. The second kappa shape index (κ2) is 7.71. The minimum atomic E-state index is -0.661. The van der Waals surface area contributed by atoms with Gasteiger partial charge in [0.05, 0.1) is 12.0 Å². The third-order valence-electron chi connectivity index (χ3n) is 2.96. The molecule has 0 fully saturated rings. The smallest absolute Gasteiger partial charge is 0.288 e. The number of nitrogens with one attached hydrogen (secondary N) is 2. The van der Waals surface area contributed by atoms with Gasteiger partial charge in [-0.15, -0.1) is 0 Å². The Morgan fingerprint density at radius 1 is 1.29 bits per heavy atom. The average Bonchev–Trinajstić information content (AvgIpc) is 2.54. The fourth-order valence-electron chi connectivity index (χ4n) is 1.83. The summed E-state index contributed by atoms with van der Waals surface area (Å²) in [5.41, 5.74) is 0.346. The first-order valence-corrected chi connectivity index (χ1v) is 7.39. The number of hydrogen-bond acceptors (Lipinski definition) is 5. The van der Waals surface area contributed by atoms with Crippen LogP contribution in [0.5, 0.6) is 5.75 Å². The lowest BCUT2D eigenvalue weighted by atomic mass is 10.2. The third-order valence-corrected chi connectivity index (χ3v) is 3.48. The molecule has 0 unspecified atom stereocenters. The first kappa shape index (κ1) is 17.6. The van der Waals surface area contributed by atoms with Crippen LogP contribution in [0, 0.1) is 10.1 Å². The predicted molar refractivity (Wildman–Crippen MR) is 94.8 cm³/mol. The van der Waals surface area contributed by atoms with E-state index in [0.29, 0.717) is 11.4 Å². The number of hydrogen-bond donors (Lipinski definition) is 2. The molecule has 0 bridgehead atoms. The number of thiocarbonyl (C=S) groups is 1. The standard InChI is InChI=1S/C15H12ClN3O4S/c1-23-11-4-2-3-10(8-11)17-15(24)18-14(20)9-5-6-12(16)13(7-9)19(21)22/h2-8H,1H3,(H2,17,18,20,24). The number of anilines is 1. The number of nitro benzene ring substituents is 1. The Kier molecular flexibility index (Phi) is 5.67. The van der Waals surface area contributed by atoms with E-state index in [0.717, 1.165) is 6.07 Å². The summed E-state index contributed by atoms with van der Waals surface area (Å²) in [6, 6.07) is 10.7. The molecule has 1 amide bonds. The molecule has 24 heavy (non-hydrogen) atoms. The molecule has 0 saturated carbocycles. The predicted octanol–water partition coefficient (Wildman–Crippen LogP) is 3.38. The molecule has 7 nitrogen and oxygen atoms in total. The highest BCUT2D eigenvalue weighted by Crippen LogP contribution is 2.25. The van der Waals surface area contributed by atoms with Gasteiger partial charge < -0.3 is 10.1 Å². The van der Waals surface area contributed by atoms with Crippen molar-refractivity contribution < 1.29 is 14.5 Å². The highest BCUT2D eigenvalue weighted by Gasteiger charge is 2.17. The minimum absolute atomic E-state index is 0.0471. The van der Waals surface area contributed by atoms with E-state index in [4.69, 9.17) is 28.6 Å². The summed E-state index contributed by atoms with van der Waals surface area (Å²) in [5, 5.41) is 16.1. The maximum atomic E-state index is 12.1. The summed E-state index contributed by atoms with van der Waals surface area (Å²) < 4.78 is 5.09. The van der Waals surface area contributed by atoms with Crippen LogP contribution in [0.3, 0.4) is 0 Å². The second-order valence-corrected chi connectivity index (χ2v) is 5.38. The molecular weight excluding hydrogens is 354 g/mol. The molecule has 0 aliphatic carbocycles. The number of ether oxygens (including phenoxy) is 1. The summed E-state index contributed by atoms with van der Waals surface area (Å²) in [4.78, 5) is 22.3. The number of carbonyl (C=O) groups is 1. The number of nitrogens with zero attached hydrogens (tertiary/aromatic N) is 1. The molecule has 0 heterocycles. The highest BCUT2D eigenvalue weighted by atomic mass is 35.5. The van der Waals surface area contributed by atoms with Crippen molar-refractivity contribution in [2.75, 3.05) is 12.4 Å². The number of carbonyl (C=O) groups excluding carboxylic acids is 1. The van der Waals surface area contributed by atoms with Crippen molar-refractivity contribution in [1.82, 2.24) is 5.32 Å². The second-order valence-electron chi connectivity index (χ2n) is 4.56. The molecule has 2 aromatic carbocycles. The molecular formula is C15H12ClN3O4S. The summed E-state index contributed by atoms with van der Waals surface area (Å²) in [7, 11) is 1.53. The molecule has 9 heteroatoms. The number of halogens is 1. The zero-order valence-electron chi connectivity index (χ0n) is 12.4. The zero-order valence-corrected chi connectivity index (χ0v) is 14.0. The maximum Gasteiger partial charge on any atom is 0.288 e. The van der Waals surface area contributed by atoms with Crippen LogP contribution in [-0.2, 0) is 0 Å². The number of amides is 1. The van der Waals surface area contributed by atoms with E-state index in [-0.39, 0.29) is 21.4 Å². The molecule has 2 rings (SSSR count). The van der Waals surface area contributed by atoms with Gasteiger partial charge in [0.1, 0.15) is 10.8 Å². The molecule has 0 radical (unpaired) electrons. The van der Waals surface area contributed by atoms with Crippen molar-refractivity contribution in [3.63, 3.8) is 0 Å². The van der Waals surface area contributed by atoms with Crippen molar-refractivity contribution in [3.8, 4) is 5.75 Å². The Labute approximate surface area is 147 Å². The van der Waals surface area contributed by atoms with Crippen molar-refractivity contribution in [1.29, 1.82) is 0 Å². The quantitative estimate of drug-likeness (QED) is 0.490. The van der Waals surface area contributed by atoms with Crippen LogP contribution in [0.15, 0.2) is 42.5 Å². The lowest BCUT2D eigenvalue weighted by molar-refractivity contribution is -0.384. The lowest BCUT2D eigenvalue weighted by Gasteiger charge is -2.10. The summed E-state index contributed by atoms with van der Waals surface area (Å²) in [5.74, 6) is 0.0395. The van der Waals surface area contributed by atoms with E-state index in [1.165, 1.54) is 19.2 Å². The van der Waals surface area contributed by atoms with Gasteiger partial charge in [0, 0.05) is 23.4 Å². The number of nitro groups is 1. The van der Waals surface area contributed by atoms with Gasteiger partial charge in [0.2, 0.25) is 0 Å². The van der Waals surface area contributed by atoms with Crippen LogP contribution in [-0.4, -0.2) is 23.1 Å². The SMILES string of the molecule is COc1cccc(NC(=S)NC(=O)c2ccc(Cl)c([N+](=O)[O-])c2)c1. The Morgan fingerprint density at radius 3 is 2.71 bits per heavy atom. The van der Waals surface area contributed by atoms with Gasteiger partial charge in [-0.1, -0.05) is 17.7 Å². The van der Waals surface area contributed by atoms with Gasteiger partial charge in [-0.3, -0.25) is 20.2 Å². The maximum absolute atomic E-state index is 12.1. The number of methoxy groups -OCH3 is 1. The van der Waals surface area contributed by atoms with Gasteiger partial charge in [-0.25, -0.2) is 0 Å². The van der Waals surface area contributed by atoms with Crippen LogP contribution in [0.25, 0.3) is 0 Å². The van der Waals surface area contributed by atoms with E-state index in [1.54, 1.807) is 24.3 Å². The summed E-state index contributed by atoms with van der Waals surface area (Å²) in [6.07, 6.45) is 0. The first-order valence-electron chi connectivity index (χ1n) is 6.61. The van der Waals surface area contributed by atoms with Crippen molar-refractivity contribution in [3.05, 3.63) is 63.2 Å². The zero-order chi connectivity index (χ0) is 17.7. The topological polar surface area (TPSA) is 93.5 Å². The largest absolute Gasteiger partial charge is 0.497 e. The van der Waals surface area contributed by atoms with E-state index in [9.17, 15) is 14.9 Å². The fraction of sp³-hybridized carbons (Fsp3) is 0.0667. The number of rotatable bonds is 4.